The number of rotatable bonds is 2. The van der Waals surface area contributed by atoms with Crippen LogP contribution in [0, 0.1) is 0 Å². The first-order valence-electron chi connectivity index (χ1n) is 6.22. The molecule has 3 N–H and O–H groups in total. The van der Waals surface area contributed by atoms with Crippen LogP contribution in [0.15, 0.2) is 30.3 Å². The number of nitrogens with zero attached hydrogens (tertiary/aromatic N) is 1. The van der Waals surface area contributed by atoms with Crippen LogP contribution in [0.3, 0.4) is 0 Å². The Bertz CT molecular complexity index is 827. The van der Waals surface area contributed by atoms with Crippen LogP contribution < -0.4 is 15.2 Å². The molecule has 4 rings (SSSR count). The molecule has 0 radical (unpaired) electrons. The van der Waals surface area contributed by atoms with Gasteiger partial charge in [-0.2, -0.15) is 5.10 Å². The minimum Gasteiger partial charge on any atom is -0.454 e. The summed E-state index contributed by atoms with van der Waals surface area (Å²) in [5.41, 5.74) is 8.63. The van der Waals surface area contributed by atoms with E-state index in [9.17, 15) is 0 Å². The van der Waals surface area contributed by atoms with Crippen molar-refractivity contribution in [3.05, 3.63) is 34.7 Å². The molecule has 21 heavy (non-hydrogen) atoms. The molecule has 5 nitrogen and oxygen atoms in total. The van der Waals surface area contributed by atoms with Gasteiger partial charge in [-0.15, -0.1) is 11.3 Å². The first-order chi connectivity index (χ1) is 10.2. The number of hydrogen-bond donors (Lipinski definition) is 2. The molecule has 1 aromatic carbocycles. The van der Waals surface area contributed by atoms with Crippen LogP contribution in [-0.2, 0) is 0 Å². The van der Waals surface area contributed by atoms with Gasteiger partial charge in [0, 0.05) is 0 Å². The largest absolute Gasteiger partial charge is 0.454 e. The van der Waals surface area contributed by atoms with Crippen LogP contribution in [0.25, 0.3) is 21.7 Å². The third kappa shape index (κ3) is 2.03. The summed E-state index contributed by atoms with van der Waals surface area (Å²) in [4.78, 5) is 0.983. The lowest BCUT2D eigenvalue weighted by Crippen LogP contribution is -1.92. The minimum absolute atomic E-state index is 0.243. The zero-order valence-electron chi connectivity index (χ0n) is 10.7. The quantitative estimate of drug-likeness (QED) is 0.754. The smallest absolute Gasteiger partial charge is 0.231 e. The van der Waals surface area contributed by atoms with Gasteiger partial charge in [-0.1, -0.05) is 17.7 Å². The van der Waals surface area contributed by atoms with Crippen molar-refractivity contribution in [3.63, 3.8) is 0 Å². The molecule has 106 valence electrons. The summed E-state index contributed by atoms with van der Waals surface area (Å²) in [7, 11) is 0. The van der Waals surface area contributed by atoms with Gasteiger partial charge in [-0.25, -0.2) is 0 Å². The molecule has 0 spiro atoms. The maximum absolute atomic E-state index is 6.02. The zero-order chi connectivity index (χ0) is 14.4. The van der Waals surface area contributed by atoms with Crippen LogP contribution in [0.4, 0.5) is 5.82 Å². The average molecular weight is 320 g/mol. The van der Waals surface area contributed by atoms with Crippen molar-refractivity contribution in [2.24, 2.45) is 0 Å². The van der Waals surface area contributed by atoms with Crippen LogP contribution in [0.5, 0.6) is 11.5 Å². The summed E-state index contributed by atoms with van der Waals surface area (Å²) in [6.45, 7) is 0.243. The average Bonchev–Trinajstić information content (AvgIpc) is 3.17. The van der Waals surface area contributed by atoms with E-state index in [0.717, 1.165) is 31.8 Å². The van der Waals surface area contributed by atoms with E-state index in [-0.39, 0.29) is 6.79 Å². The number of hydrogen-bond acceptors (Lipinski definition) is 5. The van der Waals surface area contributed by atoms with Crippen molar-refractivity contribution in [3.8, 4) is 33.2 Å². The maximum Gasteiger partial charge on any atom is 0.231 e. The van der Waals surface area contributed by atoms with Gasteiger partial charge < -0.3 is 15.2 Å². The predicted octanol–water partition coefficient (Wildman–Crippen LogP) is 3.77. The summed E-state index contributed by atoms with van der Waals surface area (Å²) in [6.07, 6.45) is 0. The summed E-state index contributed by atoms with van der Waals surface area (Å²) in [6, 6.07) is 9.50. The molecule has 1 aliphatic rings. The maximum atomic E-state index is 6.02. The van der Waals surface area contributed by atoms with Crippen LogP contribution in [0.1, 0.15) is 0 Å². The molecule has 0 aliphatic carbocycles. The van der Waals surface area contributed by atoms with Crippen LogP contribution in [-0.4, -0.2) is 17.0 Å². The van der Waals surface area contributed by atoms with E-state index < -0.39 is 0 Å². The predicted molar refractivity (Wildman–Crippen MR) is 82.9 cm³/mol. The third-order valence-corrected chi connectivity index (χ3v) is 4.52. The molecular formula is C14H10ClN3O2S. The Morgan fingerprint density at radius 2 is 2.05 bits per heavy atom. The highest BCUT2D eigenvalue weighted by Crippen LogP contribution is 2.42. The molecule has 7 heteroatoms. The van der Waals surface area contributed by atoms with Gasteiger partial charge >= 0.3 is 0 Å². The molecule has 0 saturated heterocycles. The fourth-order valence-electron chi connectivity index (χ4n) is 2.33. The molecule has 3 heterocycles. The van der Waals surface area contributed by atoms with Gasteiger partial charge in [-0.05, 0) is 29.8 Å². The SMILES string of the molecule is Nc1n[nH]c(-c2ccc(Cl)s2)c1-c1ccc2c(c1)OCO2. The number of nitrogen functional groups attached to an aromatic ring is 1. The topological polar surface area (TPSA) is 73.2 Å². The van der Waals surface area contributed by atoms with E-state index in [1.807, 2.05) is 30.3 Å². The molecule has 0 amide bonds. The number of halogens is 1. The number of ether oxygens (including phenoxy) is 2. The molecule has 0 saturated carbocycles. The molecule has 0 unspecified atom stereocenters. The fourth-order valence-corrected chi connectivity index (χ4v) is 3.37. The van der Waals surface area contributed by atoms with E-state index >= 15 is 0 Å². The van der Waals surface area contributed by atoms with Crippen molar-refractivity contribution in [2.45, 2.75) is 0 Å². The van der Waals surface area contributed by atoms with Crippen LogP contribution in [0.2, 0.25) is 4.34 Å². The minimum atomic E-state index is 0.243. The number of nitrogens with two attached hydrogens (primary N) is 1. The molecular weight excluding hydrogens is 310 g/mol. The lowest BCUT2D eigenvalue weighted by Gasteiger charge is -2.04. The Balaban J connectivity index is 1.87. The van der Waals surface area contributed by atoms with E-state index in [2.05, 4.69) is 10.2 Å². The second-order valence-corrected chi connectivity index (χ2v) is 6.25. The van der Waals surface area contributed by atoms with E-state index in [0.29, 0.717) is 11.6 Å². The number of anilines is 1. The van der Waals surface area contributed by atoms with Crippen LogP contribution >= 0.6 is 22.9 Å². The van der Waals surface area contributed by atoms with Gasteiger partial charge in [0.1, 0.15) is 0 Å². The number of aromatic nitrogens is 2. The third-order valence-electron chi connectivity index (χ3n) is 3.28. The van der Waals surface area contributed by atoms with Crippen molar-refractivity contribution in [2.75, 3.05) is 12.5 Å². The number of H-pyrrole nitrogens is 1. The second-order valence-electron chi connectivity index (χ2n) is 4.53. The first kappa shape index (κ1) is 12.6. The van der Waals surface area contributed by atoms with Gasteiger partial charge in [0.2, 0.25) is 6.79 Å². The van der Waals surface area contributed by atoms with Crippen molar-refractivity contribution in [1.29, 1.82) is 0 Å². The Kier molecular flexibility index (Phi) is 2.80. The Labute approximate surface area is 129 Å². The normalized spacial score (nSPS) is 12.8. The van der Waals surface area contributed by atoms with E-state index in [1.54, 1.807) is 0 Å². The Hall–Kier alpha value is -2.18. The second kappa shape index (κ2) is 4.68. The highest BCUT2D eigenvalue weighted by atomic mass is 35.5. The van der Waals surface area contributed by atoms with Crippen molar-refractivity contribution < 1.29 is 9.47 Å². The van der Waals surface area contributed by atoms with Gasteiger partial charge in [0.15, 0.2) is 17.3 Å². The molecule has 3 aromatic rings. The van der Waals surface area contributed by atoms with E-state index in [1.165, 1.54) is 11.3 Å². The molecule has 0 atom stereocenters. The lowest BCUT2D eigenvalue weighted by molar-refractivity contribution is 0.174. The Morgan fingerprint density at radius 1 is 1.19 bits per heavy atom. The summed E-state index contributed by atoms with van der Waals surface area (Å²) < 4.78 is 11.5. The number of thiophene rings is 1. The summed E-state index contributed by atoms with van der Waals surface area (Å²) in [5, 5.41) is 7.09. The first-order valence-corrected chi connectivity index (χ1v) is 7.41. The van der Waals surface area contributed by atoms with Gasteiger partial charge in [-0.3, -0.25) is 5.10 Å². The van der Waals surface area contributed by atoms with Gasteiger partial charge in [0.25, 0.3) is 0 Å². The van der Waals surface area contributed by atoms with Crippen molar-refractivity contribution in [1.82, 2.24) is 10.2 Å². The number of nitrogens with one attached hydrogen (secondary N) is 1. The standard InChI is InChI=1S/C14H10ClN3O2S/c15-11-4-3-10(21-11)13-12(14(16)18-17-13)7-1-2-8-9(5-7)20-6-19-8/h1-5H,6H2,(H3,16,17,18). The molecule has 0 bridgehead atoms. The Morgan fingerprint density at radius 3 is 2.86 bits per heavy atom. The number of fused-ring (bicyclic) bond motifs is 1. The highest BCUT2D eigenvalue weighted by Gasteiger charge is 2.20. The zero-order valence-corrected chi connectivity index (χ0v) is 12.3. The monoisotopic (exact) mass is 319 g/mol. The number of benzene rings is 1. The lowest BCUT2D eigenvalue weighted by atomic mass is 10.0. The number of aromatic amines is 1. The molecule has 2 aromatic heterocycles. The van der Waals surface area contributed by atoms with E-state index in [4.69, 9.17) is 26.8 Å². The van der Waals surface area contributed by atoms with Crippen molar-refractivity contribution >= 4 is 28.8 Å². The fraction of sp³-hybridized carbons (Fsp3) is 0.0714. The molecule has 1 aliphatic heterocycles. The summed E-state index contributed by atoms with van der Waals surface area (Å²) in [5.74, 6) is 1.89. The molecule has 0 fully saturated rings. The summed E-state index contributed by atoms with van der Waals surface area (Å²) >= 11 is 7.48. The highest BCUT2D eigenvalue weighted by molar-refractivity contribution is 7.19. The van der Waals surface area contributed by atoms with Gasteiger partial charge in [0.05, 0.1) is 20.5 Å².